The molecule has 0 bridgehead atoms. The zero-order valence-electron chi connectivity index (χ0n) is 51.8. The van der Waals surface area contributed by atoms with Crippen molar-refractivity contribution in [2.24, 2.45) is 0 Å². The topological polar surface area (TPSA) is 175 Å². The normalized spacial score (nSPS) is 18.6. The summed E-state index contributed by atoms with van der Waals surface area (Å²) in [6.45, 7) is 4.32. The third kappa shape index (κ3) is 47.0. The quantitative estimate of drug-likeness (QED) is 0.0195. The lowest BCUT2D eigenvalue weighted by Gasteiger charge is -2.40. The second-order valence-electron chi connectivity index (χ2n) is 23.5. The number of aliphatic hydroxyl groups is 5. The second-order valence-corrected chi connectivity index (χ2v) is 23.5. The first-order valence-electron chi connectivity index (χ1n) is 33.9. The molecule has 0 aliphatic carbocycles. The van der Waals surface area contributed by atoms with Crippen molar-refractivity contribution in [1.82, 2.24) is 5.32 Å². The molecule has 1 saturated heterocycles. The van der Waals surface area contributed by atoms with E-state index in [4.69, 9.17) is 14.2 Å². The minimum atomic E-state index is -1.57. The number of unbranched alkanes of at least 4 members (excludes halogenated alkanes) is 39. The number of esters is 1. The molecule has 0 aromatic heterocycles. The molecule has 0 aromatic carbocycles. The number of allylic oxidation sites excluding steroid dienone is 7. The molecular weight excluding hydrogens is 1000 g/mol. The summed E-state index contributed by atoms with van der Waals surface area (Å²) in [7, 11) is 0. The Kier molecular flexibility index (Phi) is 55.2. The molecule has 0 spiro atoms. The lowest BCUT2D eigenvalue weighted by atomic mass is 9.99. The van der Waals surface area contributed by atoms with E-state index in [1.165, 1.54) is 218 Å². The SMILES string of the molecule is CCCC/C=C\CCCCCCCC(=O)OCCCCCCCCCCC/C=C\C/C=C\CCCCCCCCCCCCCC(=O)NC(COC1OC(CO)C(O)C(O)C1O)C(O)/C=C/CCCCCCCCCCCCCC. The average Bonchev–Trinajstić information content (AvgIpc) is 3.47. The second kappa shape index (κ2) is 58.4. The fourth-order valence-corrected chi connectivity index (χ4v) is 10.5. The van der Waals surface area contributed by atoms with Crippen molar-refractivity contribution in [2.75, 3.05) is 19.8 Å². The largest absolute Gasteiger partial charge is 0.466 e. The van der Waals surface area contributed by atoms with Crippen LogP contribution in [0.5, 0.6) is 0 Å². The Morgan fingerprint density at radius 3 is 1.31 bits per heavy atom. The lowest BCUT2D eigenvalue weighted by molar-refractivity contribution is -0.302. The number of amides is 1. The number of carbonyl (C=O) groups is 2. The highest BCUT2D eigenvalue weighted by atomic mass is 16.7. The van der Waals surface area contributed by atoms with Crippen LogP contribution < -0.4 is 5.32 Å². The zero-order valence-corrected chi connectivity index (χ0v) is 51.8. The number of hydrogen-bond donors (Lipinski definition) is 6. The van der Waals surface area contributed by atoms with Gasteiger partial charge in [0.05, 0.1) is 32.0 Å². The van der Waals surface area contributed by atoms with Crippen molar-refractivity contribution in [2.45, 2.75) is 358 Å². The summed E-state index contributed by atoms with van der Waals surface area (Å²) < 4.78 is 16.7. The van der Waals surface area contributed by atoms with E-state index in [0.29, 0.717) is 19.4 Å². The average molecular weight is 1130 g/mol. The van der Waals surface area contributed by atoms with Crippen LogP contribution in [0.3, 0.4) is 0 Å². The van der Waals surface area contributed by atoms with Gasteiger partial charge in [-0.25, -0.2) is 0 Å². The first-order valence-corrected chi connectivity index (χ1v) is 33.9. The Balaban J connectivity index is 2.04. The summed E-state index contributed by atoms with van der Waals surface area (Å²) >= 11 is 0. The molecule has 11 nitrogen and oxygen atoms in total. The lowest BCUT2D eigenvalue weighted by Crippen LogP contribution is -2.60. The minimum absolute atomic E-state index is 0.0102. The van der Waals surface area contributed by atoms with Gasteiger partial charge < -0.3 is 45.1 Å². The Bertz CT molecular complexity index is 1470. The number of aliphatic hydroxyl groups excluding tert-OH is 5. The summed E-state index contributed by atoms with van der Waals surface area (Å²) in [6.07, 6.45) is 65.0. The molecule has 1 heterocycles. The number of carbonyl (C=O) groups excluding carboxylic acids is 2. The predicted octanol–water partition coefficient (Wildman–Crippen LogP) is 16.8. The monoisotopic (exact) mass is 1130 g/mol. The molecule has 7 atom stereocenters. The van der Waals surface area contributed by atoms with E-state index in [9.17, 15) is 35.1 Å². The summed E-state index contributed by atoms with van der Waals surface area (Å²) in [4.78, 5) is 25.1. The molecule has 1 rings (SSSR count). The van der Waals surface area contributed by atoms with Crippen LogP contribution in [-0.4, -0.2) is 100 Å². The van der Waals surface area contributed by atoms with Crippen LogP contribution in [0.15, 0.2) is 48.6 Å². The fourth-order valence-electron chi connectivity index (χ4n) is 10.5. The maximum Gasteiger partial charge on any atom is 0.305 e. The van der Waals surface area contributed by atoms with Crippen LogP contribution >= 0.6 is 0 Å². The van der Waals surface area contributed by atoms with Crippen LogP contribution in [0.25, 0.3) is 0 Å². The molecule has 7 unspecified atom stereocenters. The standard InChI is InChI=1S/C69H127NO10/c1-3-5-7-9-11-13-15-16-32-36-39-43-47-51-55-62(72)61(60-79-69-68(77)67(76)66(75)63(59-71)80-69)70-64(73)56-52-48-44-40-37-33-30-28-26-24-22-20-18-17-19-21-23-25-27-29-31-34-38-42-46-50-54-58-78-65(74)57-53-49-45-41-35-14-12-10-8-6-4-2/h10,12,17-18,21,23,51,55,61-63,66-69,71-72,75-77H,3-9,11,13-16,19-20,22,24-50,52-54,56-60H2,1-2H3,(H,70,73)/b12-10-,18-17-,23-21-,55-51+. The highest BCUT2D eigenvalue weighted by molar-refractivity contribution is 5.76. The molecule has 1 amide bonds. The van der Waals surface area contributed by atoms with Crippen molar-refractivity contribution in [3.63, 3.8) is 0 Å². The number of rotatable bonds is 59. The van der Waals surface area contributed by atoms with Gasteiger partial charge in [0.2, 0.25) is 5.91 Å². The number of ether oxygens (including phenoxy) is 3. The van der Waals surface area contributed by atoms with E-state index < -0.39 is 49.5 Å². The molecule has 0 saturated carbocycles. The van der Waals surface area contributed by atoms with Crippen LogP contribution in [-0.2, 0) is 23.8 Å². The van der Waals surface area contributed by atoms with Gasteiger partial charge in [0, 0.05) is 12.8 Å². The maximum absolute atomic E-state index is 13.1. The predicted molar refractivity (Wildman–Crippen MR) is 334 cm³/mol. The summed E-state index contributed by atoms with van der Waals surface area (Å²) in [5.74, 6) is -0.194. The van der Waals surface area contributed by atoms with Crippen molar-refractivity contribution >= 4 is 11.9 Å². The molecule has 6 N–H and O–H groups in total. The number of nitrogens with one attached hydrogen (secondary N) is 1. The highest BCUT2D eigenvalue weighted by Crippen LogP contribution is 2.23. The van der Waals surface area contributed by atoms with E-state index in [2.05, 4.69) is 55.6 Å². The molecule has 0 aromatic rings. The van der Waals surface area contributed by atoms with Gasteiger partial charge in [-0.15, -0.1) is 0 Å². The molecule has 11 heteroatoms. The van der Waals surface area contributed by atoms with Gasteiger partial charge in [0.25, 0.3) is 0 Å². The van der Waals surface area contributed by atoms with Crippen LogP contribution in [0.1, 0.15) is 316 Å². The smallest absolute Gasteiger partial charge is 0.305 e. The Morgan fingerprint density at radius 1 is 0.463 bits per heavy atom. The van der Waals surface area contributed by atoms with Crippen molar-refractivity contribution < 1.29 is 49.3 Å². The van der Waals surface area contributed by atoms with Gasteiger partial charge in [0.15, 0.2) is 6.29 Å². The van der Waals surface area contributed by atoms with E-state index in [0.717, 1.165) is 70.6 Å². The molecule has 468 valence electrons. The molecule has 1 aliphatic rings. The molecular formula is C69H127NO10. The first kappa shape index (κ1) is 75.6. The van der Waals surface area contributed by atoms with E-state index in [1.807, 2.05) is 6.08 Å². The minimum Gasteiger partial charge on any atom is -0.466 e. The van der Waals surface area contributed by atoms with Crippen LogP contribution in [0.4, 0.5) is 0 Å². The molecule has 1 aliphatic heterocycles. The fraction of sp³-hybridized carbons (Fsp3) is 0.855. The third-order valence-electron chi connectivity index (χ3n) is 15.9. The Morgan fingerprint density at radius 2 is 0.850 bits per heavy atom. The van der Waals surface area contributed by atoms with Crippen LogP contribution in [0, 0.1) is 0 Å². The van der Waals surface area contributed by atoms with Crippen molar-refractivity contribution in [3.05, 3.63) is 48.6 Å². The molecule has 1 fully saturated rings. The Labute approximate surface area is 491 Å². The summed E-state index contributed by atoms with van der Waals surface area (Å²) in [6, 6.07) is -0.813. The maximum atomic E-state index is 13.1. The van der Waals surface area contributed by atoms with Gasteiger partial charge in [-0.3, -0.25) is 9.59 Å². The highest BCUT2D eigenvalue weighted by Gasteiger charge is 2.44. The zero-order chi connectivity index (χ0) is 58.0. The summed E-state index contributed by atoms with van der Waals surface area (Å²) in [5.41, 5.74) is 0. The van der Waals surface area contributed by atoms with Gasteiger partial charge in [0.1, 0.15) is 24.4 Å². The summed E-state index contributed by atoms with van der Waals surface area (Å²) in [5, 5.41) is 54.5. The van der Waals surface area contributed by atoms with Gasteiger partial charge >= 0.3 is 5.97 Å². The Hall–Kier alpha value is -2.38. The van der Waals surface area contributed by atoms with Crippen molar-refractivity contribution in [1.29, 1.82) is 0 Å². The number of hydrogen-bond acceptors (Lipinski definition) is 10. The van der Waals surface area contributed by atoms with E-state index >= 15 is 0 Å². The van der Waals surface area contributed by atoms with E-state index in [1.54, 1.807) is 6.08 Å². The van der Waals surface area contributed by atoms with E-state index in [-0.39, 0.29) is 18.5 Å². The van der Waals surface area contributed by atoms with Gasteiger partial charge in [-0.05, 0) is 83.5 Å². The van der Waals surface area contributed by atoms with Gasteiger partial charge in [-0.2, -0.15) is 0 Å². The molecule has 0 radical (unpaired) electrons. The molecule has 80 heavy (non-hydrogen) atoms. The third-order valence-corrected chi connectivity index (χ3v) is 15.9. The van der Waals surface area contributed by atoms with Gasteiger partial charge in [-0.1, -0.05) is 268 Å². The first-order chi connectivity index (χ1) is 39.2. The van der Waals surface area contributed by atoms with Crippen molar-refractivity contribution in [3.8, 4) is 0 Å². The van der Waals surface area contributed by atoms with Crippen LogP contribution in [0.2, 0.25) is 0 Å².